The number of pyridine rings is 1. The molecule has 1 aromatic heterocycles. The molecule has 2 aromatic carbocycles. The molecule has 0 radical (unpaired) electrons. The average Bonchev–Trinajstić information content (AvgIpc) is 2.53. The average molecular weight is 294 g/mol. The maximum atomic E-state index is 13.1. The van der Waals surface area contributed by atoms with Crippen LogP contribution in [0.15, 0.2) is 47.3 Å². The summed E-state index contributed by atoms with van der Waals surface area (Å²) in [4.78, 5) is 15.2. The second-order valence-electron chi connectivity index (χ2n) is 5.65. The molecular formula is C18H15FN2O. The molecule has 1 aliphatic heterocycles. The van der Waals surface area contributed by atoms with Crippen molar-refractivity contribution in [3.63, 3.8) is 0 Å². The zero-order chi connectivity index (χ0) is 15.1. The summed E-state index contributed by atoms with van der Waals surface area (Å²) < 4.78 is 13.1. The molecule has 0 bridgehead atoms. The number of aryl methyl sites for hydroxylation is 1. The molecule has 0 atom stereocenters. The zero-order valence-electron chi connectivity index (χ0n) is 11.9. The lowest BCUT2D eigenvalue weighted by Gasteiger charge is -2.18. The van der Waals surface area contributed by atoms with Crippen molar-refractivity contribution >= 4 is 16.6 Å². The van der Waals surface area contributed by atoms with Gasteiger partial charge in [-0.15, -0.1) is 0 Å². The van der Waals surface area contributed by atoms with Crippen LogP contribution in [0.1, 0.15) is 12.0 Å². The highest BCUT2D eigenvalue weighted by Gasteiger charge is 2.12. The molecule has 0 aliphatic carbocycles. The minimum absolute atomic E-state index is 0.158. The SMILES string of the molecule is O=c1[nH]c2cc3c(cc2cc1-c1ccc(F)cc1)CCCN3. The molecule has 0 saturated carbocycles. The predicted molar refractivity (Wildman–Crippen MR) is 86.8 cm³/mol. The molecule has 22 heavy (non-hydrogen) atoms. The largest absolute Gasteiger partial charge is 0.385 e. The van der Waals surface area contributed by atoms with Gasteiger partial charge in [-0.05, 0) is 59.7 Å². The van der Waals surface area contributed by atoms with Gasteiger partial charge >= 0.3 is 0 Å². The van der Waals surface area contributed by atoms with Crippen molar-refractivity contribution < 1.29 is 4.39 Å². The molecule has 0 saturated heterocycles. The first-order valence-corrected chi connectivity index (χ1v) is 7.40. The Bertz CT molecular complexity index is 913. The lowest BCUT2D eigenvalue weighted by molar-refractivity contribution is 0.628. The Morgan fingerprint density at radius 2 is 1.86 bits per heavy atom. The van der Waals surface area contributed by atoms with E-state index in [4.69, 9.17) is 0 Å². The summed E-state index contributed by atoms with van der Waals surface area (Å²) in [6.07, 6.45) is 2.16. The van der Waals surface area contributed by atoms with Gasteiger partial charge in [-0.25, -0.2) is 4.39 Å². The fourth-order valence-corrected chi connectivity index (χ4v) is 3.02. The molecule has 0 amide bonds. The number of hydrogen-bond acceptors (Lipinski definition) is 2. The van der Waals surface area contributed by atoms with Gasteiger partial charge in [0.1, 0.15) is 5.82 Å². The zero-order valence-corrected chi connectivity index (χ0v) is 11.9. The van der Waals surface area contributed by atoms with Crippen LogP contribution < -0.4 is 10.9 Å². The number of benzene rings is 2. The van der Waals surface area contributed by atoms with E-state index in [1.54, 1.807) is 12.1 Å². The highest BCUT2D eigenvalue weighted by atomic mass is 19.1. The summed E-state index contributed by atoms with van der Waals surface area (Å²) >= 11 is 0. The molecule has 0 spiro atoms. The quantitative estimate of drug-likeness (QED) is 0.719. The molecule has 110 valence electrons. The van der Waals surface area contributed by atoms with Gasteiger partial charge in [-0.1, -0.05) is 12.1 Å². The van der Waals surface area contributed by atoms with E-state index in [0.717, 1.165) is 41.5 Å². The molecule has 0 fully saturated rings. The summed E-state index contributed by atoms with van der Waals surface area (Å²) in [6.45, 7) is 0.969. The van der Waals surface area contributed by atoms with Crippen molar-refractivity contribution in [1.82, 2.24) is 4.98 Å². The van der Waals surface area contributed by atoms with Crippen molar-refractivity contribution in [2.75, 3.05) is 11.9 Å². The van der Waals surface area contributed by atoms with Gasteiger partial charge in [0.05, 0.1) is 5.52 Å². The molecule has 3 nitrogen and oxygen atoms in total. The van der Waals surface area contributed by atoms with E-state index in [-0.39, 0.29) is 11.4 Å². The molecule has 2 heterocycles. The van der Waals surface area contributed by atoms with Crippen molar-refractivity contribution in [2.45, 2.75) is 12.8 Å². The first-order chi connectivity index (χ1) is 10.7. The van der Waals surface area contributed by atoms with Gasteiger partial charge < -0.3 is 10.3 Å². The van der Waals surface area contributed by atoms with E-state index >= 15 is 0 Å². The number of nitrogens with one attached hydrogen (secondary N) is 2. The van der Waals surface area contributed by atoms with Crippen LogP contribution in [0.5, 0.6) is 0 Å². The third-order valence-corrected chi connectivity index (χ3v) is 4.16. The standard InChI is InChI=1S/C18H15FN2O/c19-14-5-3-11(4-6-14)15-9-13-8-12-2-1-7-20-16(12)10-17(13)21-18(15)22/h3-6,8-10,20H,1-2,7H2,(H,21,22). The smallest absolute Gasteiger partial charge is 0.256 e. The Morgan fingerprint density at radius 3 is 2.68 bits per heavy atom. The van der Waals surface area contributed by atoms with E-state index < -0.39 is 0 Å². The number of H-pyrrole nitrogens is 1. The number of rotatable bonds is 1. The second-order valence-corrected chi connectivity index (χ2v) is 5.65. The van der Waals surface area contributed by atoms with Crippen LogP contribution in [-0.4, -0.2) is 11.5 Å². The number of hydrogen-bond donors (Lipinski definition) is 2. The highest BCUT2D eigenvalue weighted by Crippen LogP contribution is 2.28. The Hall–Kier alpha value is -2.62. The van der Waals surface area contributed by atoms with E-state index in [9.17, 15) is 9.18 Å². The molecule has 1 aliphatic rings. The molecule has 2 N–H and O–H groups in total. The van der Waals surface area contributed by atoms with Gasteiger partial charge in [0.25, 0.3) is 5.56 Å². The molecule has 4 heteroatoms. The van der Waals surface area contributed by atoms with Crippen LogP contribution >= 0.6 is 0 Å². The number of anilines is 1. The van der Waals surface area contributed by atoms with E-state index in [0.29, 0.717) is 5.56 Å². The van der Waals surface area contributed by atoms with E-state index in [1.165, 1.54) is 17.7 Å². The van der Waals surface area contributed by atoms with E-state index in [2.05, 4.69) is 16.4 Å². The maximum Gasteiger partial charge on any atom is 0.256 e. The van der Waals surface area contributed by atoms with Crippen LogP contribution in [0.25, 0.3) is 22.0 Å². The van der Waals surface area contributed by atoms with E-state index in [1.807, 2.05) is 12.1 Å². The molecular weight excluding hydrogens is 279 g/mol. The van der Waals surface area contributed by atoms with Crippen molar-refractivity contribution in [1.29, 1.82) is 0 Å². The molecule has 0 unspecified atom stereocenters. The Labute approximate surface area is 126 Å². The van der Waals surface area contributed by atoms with Crippen molar-refractivity contribution in [3.8, 4) is 11.1 Å². The Morgan fingerprint density at radius 1 is 1.05 bits per heavy atom. The van der Waals surface area contributed by atoms with Crippen molar-refractivity contribution in [3.05, 3.63) is 64.2 Å². The summed E-state index contributed by atoms with van der Waals surface area (Å²) in [5, 5.41) is 4.36. The lowest BCUT2D eigenvalue weighted by Crippen LogP contribution is -2.13. The van der Waals surface area contributed by atoms with Gasteiger partial charge in [-0.2, -0.15) is 0 Å². The van der Waals surface area contributed by atoms with Gasteiger partial charge in [0, 0.05) is 17.8 Å². The van der Waals surface area contributed by atoms with Gasteiger partial charge in [0.15, 0.2) is 0 Å². The third-order valence-electron chi connectivity index (χ3n) is 4.16. The summed E-state index contributed by atoms with van der Waals surface area (Å²) in [7, 11) is 0. The van der Waals surface area contributed by atoms with Gasteiger partial charge in [-0.3, -0.25) is 4.79 Å². The first-order valence-electron chi connectivity index (χ1n) is 7.40. The van der Waals surface area contributed by atoms with Crippen LogP contribution in [0.3, 0.4) is 0 Å². The van der Waals surface area contributed by atoms with Crippen molar-refractivity contribution in [2.24, 2.45) is 0 Å². The lowest BCUT2D eigenvalue weighted by atomic mass is 9.99. The second kappa shape index (κ2) is 4.98. The molecule has 3 aromatic rings. The third kappa shape index (κ3) is 2.17. The number of aromatic amines is 1. The van der Waals surface area contributed by atoms with Crippen LogP contribution in [0.2, 0.25) is 0 Å². The normalized spacial score (nSPS) is 13.7. The topological polar surface area (TPSA) is 44.9 Å². The Balaban J connectivity index is 1.91. The van der Waals surface area contributed by atoms with Gasteiger partial charge in [0.2, 0.25) is 0 Å². The minimum atomic E-state index is -0.305. The molecule has 4 rings (SSSR count). The first kappa shape index (κ1) is 13.1. The number of fused-ring (bicyclic) bond motifs is 2. The fourth-order valence-electron chi connectivity index (χ4n) is 3.02. The monoisotopic (exact) mass is 294 g/mol. The maximum absolute atomic E-state index is 13.1. The fraction of sp³-hybridized carbons (Fsp3) is 0.167. The van der Waals surface area contributed by atoms with Crippen LogP contribution in [0.4, 0.5) is 10.1 Å². The minimum Gasteiger partial charge on any atom is -0.385 e. The van der Waals surface area contributed by atoms with Crippen LogP contribution in [-0.2, 0) is 6.42 Å². The number of aromatic nitrogens is 1. The predicted octanol–water partition coefficient (Wildman–Crippen LogP) is 3.69. The summed E-state index contributed by atoms with van der Waals surface area (Å²) in [5.74, 6) is -0.305. The highest BCUT2D eigenvalue weighted by molar-refractivity contribution is 5.87. The van der Waals surface area contributed by atoms with Crippen LogP contribution in [0, 0.1) is 5.82 Å². The summed E-state index contributed by atoms with van der Waals surface area (Å²) in [5.41, 5.74) is 4.33. The Kier molecular flexibility index (Phi) is 2.96. The summed E-state index contributed by atoms with van der Waals surface area (Å²) in [6, 6.07) is 12.0. The number of halogens is 1.